The molecule has 0 saturated carbocycles. The van der Waals surface area contributed by atoms with E-state index in [2.05, 4.69) is 17.6 Å². The number of piperidine rings is 1. The SMILES string of the molecule is CCCCNC(=O)[C@@H](NC(=O)N1CC2CC(C1)c1cccc(=O)n1C2)C(C)C. The number of likely N-dealkylation sites (tertiary alicyclic amines) is 1. The van der Waals surface area contributed by atoms with Crippen molar-refractivity contribution in [2.24, 2.45) is 11.8 Å². The lowest BCUT2D eigenvalue weighted by Crippen LogP contribution is -2.57. The second-order valence-corrected chi connectivity index (χ2v) is 8.42. The normalized spacial score (nSPS) is 21.8. The van der Waals surface area contributed by atoms with Crippen molar-refractivity contribution >= 4 is 11.9 Å². The summed E-state index contributed by atoms with van der Waals surface area (Å²) in [6.07, 6.45) is 2.94. The zero-order valence-corrected chi connectivity index (χ0v) is 17.1. The van der Waals surface area contributed by atoms with Crippen LogP contribution in [0, 0.1) is 11.8 Å². The molecule has 0 spiro atoms. The zero-order valence-electron chi connectivity index (χ0n) is 17.1. The van der Waals surface area contributed by atoms with Crippen LogP contribution in [0.1, 0.15) is 51.6 Å². The fourth-order valence-corrected chi connectivity index (χ4v) is 4.32. The molecule has 2 bridgehead atoms. The minimum absolute atomic E-state index is 0.00849. The molecule has 2 N–H and O–H groups in total. The van der Waals surface area contributed by atoms with Crippen LogP contribution in [0.25, 0.3) is 0 Å². The second-order valence-electron chi connectivity index (χ2n) is 8.42. The summed E-state index contributed by atoms with van der Waals surface area (Å²) >= 11 is 0. The van der Waals surface area contributed by atoms with Gasteiger partial charge in [-0.2, -0.15) is 0 Å². The third-order valence-electron chi connectivity index (χ3n) is 5.82. The largest absolute Gasteiger partial charge is 0.354 e. The molecule has 0 aromatic carbocycles. The molecule has 2 aliphatic heterocycles. The van der Waals surface area contributed by atoms with Crippen LogP contribution in [0.2, 0.25) is 0 Å². The molecule has 1 aromatic rings. The molecule has 1 fully saturated rings. The highest BCUT2D eigenvalue weighted by atomic mass is 16.2. The van der Waals surface area contributed by atoms with Crippen molar-refractivity contribution in [2.45, 2.75) is 58.5 Å². The smallest absolute Gasteiger partial charge is 0.318 e. The highest BCUT2D eigenvalue weighted by Gasteiger charge is 2.37. The highest BCUT2D eigenvalue weighted by molar-refractivity contribution is 5.87. The summed E-state index contributed by atoms with van der Waals surface area (Å²) in [6.45, 7) is 8.44. The third-order valence-corrected chi connectivity index (χ3v) is 5.82. The van der Waals surface area contributed by atoms with Gasteiger partial charge in [-0.25, -0.2) is 4.79 Å². The van der Waals surface area contributed by atoms with Crippen molar-refractivity contribution < 1.29 is 9.59 Å². The summed E-state index contributed by atoms with van der Waals surface area (Å²) in [7, 11) is 0. The number of hydrogen-bond donors (Lipinski definition) is 2. The van der Waals surface area contributed by atoms with Crippen molar-refractivity contribution in [3.8, 4) is 0 Å². The number of urea groups is 1. The van der Waals surface area contributed by atoms with Gasteiger partial charge in [0.25, 0.3) is 5.56 Å². The zero-order chi connectivity index (χ0) is 20.3. The van der Waals surface area contributed by atoms with Crippen LogP contribution in [0.5, 0.6) is 0 Å². The Morgan fingerprint density at radius 2 is 2.00 bits per heavy atom. The van der Waals surface area contributed by atoms with E-state index in [1.807, 2.05) is 29.4 Å². The molecule has 2 aliphatic rings. The van der Waals surface area contributed by atoms with E-state index in [-0.39, 0.29) is 35.3 Å². The Bertz CT molecular complexity index is 773. The van der Waals surface area contributed by atoms with E-state index in [0.29, 0.717) is 26.2 Å². The maximum Gasteiger partial charge on any atom is 0.318 e. The van der Waals surface area contributed by atoms with E-state index in [1.165, 1.54) is 0 Å². The molecule has 0 radical (unpaired) electrons. The van der Waals surface area contributed by atoms with Crippen LogP contribution in [0.4, 0.5) is 4.79 Å². The fraction of sp³-hybridized carbons (Fsp3) is 0.667. The van der Waals surface area contributed by atoms with E-state index >= 15 is 0 Å². The Labute approximate surface area is 166 Å². The van der Waals surface area contributed by atoms with Gasteiger partial charge in [-0.1, -0.05) is 33.3 Å². The van der Waals surface area contributed by atoms with E-state index in [4.69, 9.17) is 0 Å². The van der Waals surface area contributed by atoms with E-state index < -0.39 is 6.04 Å². The second kappa shape index (κ2) is 8.80. The summed E-state index contributed by atoms with van der Waals surface area (Å²) < 4.78 is 1.85. The van der Waals surface area contributed by atoms with Gasteiger partial charge < -0.3 is 20.1 Å². The van der Waals surface area contributed by atoms with E-state index in [0.717, 1.165) is 25.0 Å². The molecule has 3 atom stereocenters. The van der Waals surface area contributed by atoms with Gasteiger partial charge in [0.15, 0.2) is 0 Å². The molecule has 2 unspecified atom stereocenters. The van der Waals surface area contributed by atoms with Crippen LogP contribution in [0.15, 0.2) is 23.0 Å². The molecule has 0 aliphatic carbocycles. The average molecular weight is 389 g/mol. The molecule has 7 nitrogen and oxygen atoms in total. The number of unbranched alkanes of at least 4 members (excludes halogenated alkanes) is 1. The summed E-state index contributed by atoms with van der Waals surface area (Å²) in [4.78, 5) is 39.4. The van der Waals surface area contributed by atoms with Gasteiger partial charge in [0.1, 0.15) is 6.04 Å². The maximum absolute atomic E-state index is 12.9. The molecule has 3 amide bonds. The van der Waals surface area contributed by atoms with E-state index in [9.17, 15) is 14.4 Å². The van der Waals surface area contributed by atoms with Gasteiger partial charge in [-0.3, -0.25) is 9.59 Å². The van der Waals surface area contributed by atoms with Crippen LogP contribution in [0.3, 0.4) is 0 Å². The number of fused-ring (bicyclic) bond motifs is 4. The first-order valence-corrected chi connectivity index (χ1v) is 10.4. The van der Waals surface area contributed by atoms with Crippen molar-refractivity contribution in [3.05, 3.63) is 34.2 Å². The first-order valence-electron chi connectivity index (χ1n) is 10.4. The number of hydrogen-bond acceptors (Lipinski definition) is 3. The Kier molecular flexibility index (Phi) is 6.42. The summed E-state index contributed by atoms with van der Waals surface area (Å²) in [5.74, 6) is 0.330. The molecular weight excluding hydrogens is 356 g/mol. The number of nitrogens with one attached hydrogen (secondary N) is 2. The Morgan fingerprint density at radius 1 is 1.21 bits per heavy atom. The van der Waals surface area contributed by atoms with Gasteiger partial charge in [0, 0.05) is 43.9 Å². The predicted molar refractivity (Wildman–Crippen MR) is 108 cm³/mol. The lowest BCUT2D eigenvalue weighted by Gasteiger charge is -2.43. The molecular formula is C21H32N4O3. The molecule has 28 heavy (non-hydrogen) atoms. The predicted octanol–water partition coefficient (Wildman–Crippen LogP) is 1.92. The monoisotopic (exact) mass is 388 g/mol. The van der Waals surface area contributed by atoms with Crippen molar-refractivity contribution in [1.29, 1.82) is 0 Å². The van der Waals surface area contributed by atoms with Crippen LogP contribution < -0.4 is 16.2 Å². The van der Waals surface area contributed by atoms with Gasteiger partial charge in [-0.05, 0) is 30.7 Å². The Morgan fingerprint density at radius 3 is 2.71 bits per heavy atom. The van der Waals surface area contributed by atoms with Crippen molar-refractivity contribution in [1.82, 2.24) is 20.1 Å². The fourth-order valence-electron chi connectivity index (χ4n) is 4.32. The van der Waals surface area contributed by atoms with Crippen molar-refractivity contribution in [3.63, 3.8) is 0 Å². The van der Waals surface area contributed by atoms with Crippen LogP contribution in [-0.4, -0.2) is 47.1 Å². The number of carbonyl (C=O) groups excluding carboxylic acids is 2. The minimum atomic E-state index is -0.541. The molecule has 154 valence electrons. The number of nitrogens with zero attached hydrogens (tertiary/aromatic N) is 2. The quantitative estimate of drug-likeness (QED) is 0.731. The molecule has 1 aromatic heterocycles. The topological polar surface area (TPSA) is 83.4 Å². The lowest BCUT2D eigenvalue weighted by atomic mass is 9.83. The van der Waals surface area contributed by atoms with Gasteiger partial charge in [0.2, 0.25) is 5.91 Å². The molecule has 3 heterocycles. The highest BCUT2D eigenvalue weighted by Crippen LogP contribution is 2.34. The first-order chi connectivity index (χ1) is 13.4. The van der Waals surface area contributed by atoms with E-state index in [1.54, 1.807) is 12.1 Å². The van der Waals surface area contributed by atoms with Crippen LogP contribution >= 0.6 is 0 Å². The summed E-state index contributed by atoms with van der Waals surface area (Å²) in [6, 6.07) is 4.65. The maximum atomic E-state index is 12.9. The Balaban J connectivity index is 1.66. The Hall–Kier alpha value is -2.31. The molecule has 1 saturated heterocycles. The number of rotatable bonds is 6. The first kappa shape index (κ1) is 20.4. The van der Waals surface area contributed by atoms with Crippen molar-refractivity contribution in [2.75, 3.05) is 19.6 Å². The van der Waals surface area contributed by atoms with Gasteiger partial charge in [0.05, 0.1) is 0 Å². The average Bonchev–Trinajstić information content (AvgIpc) is 2.66. The number of pyridine rings is 1. The van der Waals surface area contributed by atoms with Crippen LogP contribution in [-0.2, 0) is 11.3 Å². The lowest BCUT2D eigenvalue weighted by molar-refractivity contribution is -0.123. The summed E-state index contributed by atoms with van der Waals surface area (Å²) in [5.41, 5.74) is 1.05. The van der Waals surface area contributed by atoms with Gasteiger partial charge in [-0.15, -0.1) is 0 Å². The number of amides is 3. The third kappa shape index (κ3) is 4.39. The van der Waals surface area contributed by atoms with Gasteiger partial charge >= 0.3 is 6.03 Å². The number of carbonyl (C=O) groups is 2. The minimum Gasteiger partial charge on any atom is -0.354 e. The number of aromatic nitrogens is 1. The standard InChI is InChI=1S/C21H32N4O3/c1-4-5-9-22-20(27)19(14(2)3)23-21(28)24-11-15-10-16(13-24)17-7-6-8-18(26)25(17)12-15/h6-8,14-16,19H,4-5,9-13H2,1-3H3,(H,22,27)(H,23,28)/t15?,16?,19-/m0/s1. The molecule has 3 rings (SSSR count). The summed E-state index contributed by atoms with van der Waals surface area (Å²) in [5, 5.41) is 5.87. The molecule has 7 heteroatoms.